The van der Waals surface area contributed by atoms with Crippen molar-refractivity contribution in [2.24, 2.45) is 0 Å². The van der Waals surface area contributed by atoms with Crippen LogP contribution >= 0.6 is 0 Å². The van der Waals surface area contributed by atoms with Crippen molar-refractivity contribution in [3.63, 3.8) is 0 Å². The second kappa shape index (κ2) is 50.9. The molecule has 0 aliphatic heterocycles. The van der Waals surface area contributed by atoms with Gasteiger partial charge in [0.15, 0.2) is 0 Å². The Morgan fingerprint density at radius 3 is 0.168 bits per heavy atom. The molecule has 0 aliphatic rings. The van der Waals surface area contributed by atoms with E-state index in [0.29, 0.717) is 0 Å². The molecule has 7 nitrogen and oxygen atoms in total. The zero-order chi connectivity index (χ0) is 83.0. The van der Waals surface area contributed by atoms with Crippen molar-refractivity contribution in [1.29, 1.82) is 0 Å². The van der Waals surface area contributed by atoms with Crippen molar-refractivity contribution in [2.75, 3.05) is 0 Å². The second-order valence-corrected chi connectivity index (χ2v) is 47.8. The van der Waals surface area contributed by atoms with Gasteiger partial charge in [0.25, 0.3) is 49.9 Å². The maximum Gasteiger partial charge on any atom is 0.285 e. The molecule has 0 fully saturated rings. The average Bonchev–Trinajstić information content (AvgIpc) is 0.804. The first kappa shape index (κ1) is 101. The number of benzene rings is 18. The van der Waals surface area contributed by atoms with Crippen LogP contribution in [0.2, 0.25) is 0 Å². The summed E-state index contributed by atoms with van der Waals surface area (Å²) in [5.41, 5.74) is 0. The maximum atomic E-state index is 11.6. The van der Waals surface area contributed by atoms with Gasteiger partial charge in [-0.3, -0.25) is 0 Å². The third-order valence-electron chi connectivity index (χ3n) is 21.4. The van der Waals surface area contributed by atoms with Crippen molar-refractivity contribution < 1.29 is 34.3 Å². The van der Waals surface area contributed by atoms with Crippen LogP contribution in [0.25, 0.3) is 0 Å². The topological polar surface area (TPSA) is 153 Å². The molecule has 18 rings (SSSR count). The molecule has 612 valence electrons. The van der Waals surface area contributed by atoms with E-state index in [9.17, 15) is 28.8 Å². The fourth-order valence-electron chi connectivity index (χ4n) is 15.2. The van der Waals surface area contributed by atoms with Crippen molar-refractivity contribution in [1.82, 2.24) is 0 Å². The van der Waals surface area contributed by atoms with Gasteiger partial charge in [-0.2, -0.15) is 0 Å². The first-order valence-electron chi connectivity index (χ1n) is 40.2. The van der Waals surface area contributed by atoms with E-state index < -0.39 is 49.9 Å². The van der Waals surface area contributed by atoms with Gasteiger partial charge in [-0.15, -0.1) is 0 Å². The van der Waals surface area contributed by atoms with Crippen LogP contribution < -0.4 is 93.4 Å². The Labute approximate surface area is 823 Å². The summed E-state index contributed by atoms with van der Waals surface area (Å²) in [6.07, 6.45) is 0. The molecule has 0 atom stereocenters. The van der Waals surface area contributed by atoms with Crippen LogP contribution in [0.3, 0.4) is 0 Å². The van der Waals surface area contributed by atoms with Crippen LogP contribution in [0.4, 0.5) is 0 Å². The smallest absolute Gasteiger partial charge is 0.285 e. The van der Waals surface area contributed by atoms with E-state index in [1.165, 1.54) is 0 Å². The molecule has 0 aromatic heterocycles. The summed E-state index contributed by atoms with van der Waals surface area (Å²) in [7, 11) is -17.3. The molecule has 0 saturated carbocycles. The fourth-order valence-corrected chi connectivity index (χ4v) is 33.4. The zero-order valence-corrected chi connectivity index (χ0v) is 90.7. The molecular weight excluding hydrogens is 2410 g/mol. The Morgan fingerprint density at radius 1 is 0.0880 bits per heavy atom. The van der Waals surface area contributed by atoms with Gasteiger partial charge < -0.3 is 34.3 Å². The molecule has 0 bridgehead atoms. The van der Waals surface area contributed by atoms with Gasteiger partial charge in [-0.25, -0.2) is 0 Å². The van der Waals surface area contributed by atoms with Crippen LogP contribution in [0.5, 0.6) is 0 Å². The van der Waals surface area contributed by atoms with E-state index >= 15 is 0 Å². The monoisotopic (exact) mass is 2510 g/mol. The molecule has 18 aromatic rings. The van der Waals surface area contributed by atoms with Gasteiger partial charge >= 0.3 is 0 Å². The number of hydrogen-bond acceptors (Lipinski definition) is 6. The summed E-state index contributed by atoms with van der Waals surface area (Å²) in [5, 5.41) is 18.2. The minimum atomic E-state index is -2.88. The Balaban J connectivity index is 0.000000184. The van der Waals surface area contributed by atoms with Gasteiger partial charge in [-0.1, -0.05) is 546 Å². The molecule has 18 aromatic carbocycles. The third-order valence-corrected chi connectivity index (χ3v) is 42.5. The van der Waals surface area contributed by atoms with E-state index in [-0.39, 0.29) is 115 Å². The quantitative estimate of drug-likeness (QED) is 0.0386. The second-order valence-electron chi connectivity index (χ2n) is 28.9. The van der Waals surface area contributed by atoms with E-state index in [4.69, 9.17) is 0 Å². The van der Waals surface area contributed by atoms with Crippen LogP contribution in [-0.4, -0.2) is 193 Å². The molecular formula is C108H98O7Pb4Si6. The van der Waals surface area contributed by atoms with E-state index in [0.717, 1.165) is 93.4 Å². The van der Waals surface area contributed by atoms with Crippen LogP contribution in [-0.2, 0) is 0 Å². The molecule has 0 amide bonds. The van der Waals surface area contributed by atoms with E-state index in [1.807, 2.05) is 546 Å². The van der Waals surface area contributed by atoms with Gasteiger partial charge in [0.2, 0.25) is 0 Å². The number of hydrogen-bond donors (Lipinski definition) is 6. The molecule has 125 heavy (non-hydrogen) atoms. The largest absolute Gasteiger partial charge is 0.421 e. The average molecular weight is 2510 g/mol. The summed E-state index contributed by atoms with van der Waals surface area (Å²) in [6, 6.07) is 180. The van der Waals surface area contributed by atoms with Crippen LogP contribution in [0.1, 0.15) is 0 Å². The molecule has 8 N–H and O–H groups in total. The van der Waals surface area contributed by atoms with Crippen LogP contribution in [0, 0.1) is 0 Å². The van der Waals surface area contributed by atoms with Gasteiger partial charge in [0, 0.05) is 109 Å². The first-order chi connectivity index (χ1) is 58.9. The summed E-state index contributed by atoms with van der Waals surface area (Å²) in [4.78, 5) is 69.4. The molecule has 0 spiro atoms. The predicted molar refractivity (Wildman–Crippen MR) is 544 cm³/mol. The molecule has 0 unspecified atom stereocenters. The van der Waals surface area contributed by atoms with Crippen molar-refractivity contribution in [2.45, 2.75) is 0 Å². The molecule has 17 heteroatoms. The molecule has 16 radical (unpaired) electrons. The van der Waals surface area contributed by atoms with Crippen molar-refractivity contribution in [3.8, 4) is 0 Å². The van der Waals surface area contributed by atoms with Crippen LogP contribution in [0.15, 0.2) is 546 Å². The van der Waals surface area contributed by atoms with Gasteiger partial charge in [-0.05, 0) is 93.4 Å². The van der Waals surface area contributed by atoms with E-state index in [2.05, 4.69) is 0 Å². The summed E-state index contributed by atoms with van der Waals surface area (Å²) in [6.45, 7) is 0. The van der Waals surface area contributed by atoms with Gasteiger partial charge in [0.1, 0.15) is 0 Å². The number of rotatable bonds is 18. The summed E-state index contributed by atoms with van der Waals surface area (Å²) < 4.78 is 0. The zero-order valence-electron chi connectivity index (χ0n) is 69.1. The minimum Gasteiger partial charge on any atom is -0.421 e. The fraction of sp³-hybridized carbons (Fsp3) is 0. The normalized spacial score (nSPS) is 10.8. The minimum absolute atomic E-state index is 0. The predicted octanol–water partition coefficient (Wildman–Crippen LogP) is 7.53. The Hall–Kier alpha value is -9.33. The summed E-state index contributed by atoms with van der Waals surface area (Å²) >= 11 is 0. The Bertz CT molecular complexity index is 4410. The Morgan fingerprint density at radius 2 is 0.128 bits per heavy atom. The van der Waals surface area contributed by atoms with E-state index in [1.54, 1.807) is 0 Å². The van der Waals surface area contributed by atoms with Gasteiger partial charge in [0.05, 0.1) is 0 Å². The molecule has 0 saturated heterocycles. The molecule has 0 aliphatic carbocycles. The molecule has 0 heterocycles. The standard InChI is InChI=1S/6C18H16OSi.H2O.4Pb/c6*19-20(16-10-4-1-5-11-16,17-12-6-2-7-13-17)18-14-8-3-9-15-18;;;;;/h6*1-15,19H;1H2;;;;. The van der Waals surface area contributed by atoms with Crippen molar-refractivity contribution >= 4 is 252 Å². The summed E-state index contributed by atoms with van der Waals surface area (Å²) in [5.74, 6) is 0. The Kier molecular flexibility index (Phi) is 41.1. The van der Waals surface area contributed by atoms with Crippen molar-refractivity contribution in [3.05, 3.63) is 546 Å². The maximum absolute atomic E-state index is 11.6. The first-order valence-corrected chi connectivity index (χ1v) is 51.9. The third kappa shape index (κ3) is 24.7. The SMILES string of the molecule is O.O[Si](c1ccccc1)(c1ccccc1)c1ccccc1.O[Si](c1ccccc1)(c1ccccc1)c1ccccc1.O[Si](c1ccccc1)(c1ccccc1)c1ccccc1.O[Si](c1ccccc1)(c1ccccc1)c1ccccc1.O[Si](c1ccccc1)(c1ccccc1)c1ccccc1.O[Si](c1ccccc1)(c1ccccc1)c1ccccc1.[Pb].[Pb].[Pb].[Pb].